The zero-order valence-corrected chi connectivity index (χ0v) is 30.2. The van der Waals surface area contributed by atoms with E-state index in [2.05, 4.69) is 93.6 Å². The molecule has 5 nitrogen and oxygen atoms in total. The summed E-state index contributed by atoms with van der Waals surface area (Å²) < 4.78 is 29.0. The molecular weight excluding hydrogens is 540 g/mol. The third-order valence-corrected chi connectivity index (χ3v) is 9.89. The fourth-order valence-corrected chi connectivity index (χ4v) is 6.75. The van der Waals surface area contributed by atoms with Gasteiger partial charge in [-0.2, -0.15) is 0 Å². The maximum atomic E-state index is 13.7. The van der Waals surface area contributed by atoms with E-state index in [1.54, 1.807) is 4.31 Å². The molecule has 0 saturated heterocycles. The number of sulfonamides is 1. The highest BCUT2D eigenvalue weighted by Crippen LogP contribution is 2.41. The van der Waals surface area contributed by atoms with Gasteiger partial charge in [0.25, 0.3) is 0 Å². The Bertz CT molecular complexity index is 1010. The van der Waals surface area contributed by atoms with Crippen molar-refractivity contribution in [1.82, 2.24) is 4.31 Å². The molecule has 0 bridgehead atoms. The van der Waals surface area contributed by atoms with Crippen molar-refractivity contribution in [2.24, 2.45) is 0 Å². The summed E-state index contributed by atoms with van der Waals surface area (Å²) in [5.41, 5.74) is 3.55. The van der Waals surface area contributed by atoms with Gasteiger partial charge in [-0.05, 0) is 45.8 Å². The van der Waals surface area contributed by atoms with E-state index in [0.29, 0.717) is 13.1 Å². The highest BCUT2D eigenvalue weighted by Gasteiger charge is 2.31. The zero-order chi connectivity index (χ0) is 32.2. The lowest BCUT2D eigenvalue weighted by molar-refractivity contribution is -0.113. The largest absolute Gasteiger partial charge is 0.325 e. The first-order chi connectivity index (χ1) is 19.3. The summed E-state index contributed by atoms with van der Waals surface area (Å²) in [7, 11) is -3.74. The summed E-state index contributed by atoms with van der Waals surface area (Å²) >= 11 is 0. The van der Waals surface area contributed by atoms with E-state index in [1.165, 1.54) is 44.1 Å². The molecule has 0 fully saturated rings. The molecule has 244 valence electrons. The van der Waals surface area contributed by atoms with Crippen LogP contribution in [0.5, 0.6) is 0 Å². The Morgan fingerprint density at radius 3 is 1.38 bits per heavy atom. The molecule has 1 N–H and O–H groups in total. The molecule has 0 aliphatic carbocycles. The topological polar surface area (TPSA) is 66.5 Å². The molecule has 1 amide bonds. The molecule has 0 aliphatic heterocycles. The van der Waals surface area contributed by atoms with Crippen molar-refractivity contribution in [3.8, 4) is 0 Å². The molecular formula is C36H66N2O3S. The molecule has 1 aromatic carbocycles. The van der Waals surface area contributed by atoms with Gasteiger partial charge >= 0.3 is 0 Å². The van der Waals surface area contributed by atoms with E-state index in [4.69, 9.17) is 0 Å². The van der Waals surface area contributed by atoms with Crippen LogP contribution in [0.1, 0.15) is 170 Å². The number of carbonyl (C=O) groups excluding carboxylic acids is 1. The third-order valence-electron chi connectivity index (χ3n) is 8.11. The quantitative estimate of drug-likeness (QED) is 0.169. The van der Waals surface area contributed by atoms with E-state index < -0.39 is 21.7 Å². The van der Waals surface area contributed by atoms with Gasteiger partial charge in [0.2, 0.25) is 15.9 Å². The Morgan fingerprint density at radius 2 is 1.02 bits per heavy atom. The maximum Gasteiger partial charge on any atom is 0.241 e. The van der Waals surface area contributed by atoms with Crippen LogP contribution in [-0.4, -0.2) is 37.5 Å². The van der Waals surface area contributed by atoms with Gasteiger partial charge in [0, 0.05) is 18.8 Å². The number of unbranched alkanes of at least 4 members (excludes halogenated alkanes) is 10. The van der Waals surface area contributed by atoms with Gasteiger partial charge < -0.3 is 5.32 Å². The highest BCUT2D eigenvalue weighted by atomic mass is 32.2. The molecule has 0 unspecified atom stereocenters. The van der Waals surface area contributed by atoms with Crippen LogP contribution >= 0.6 is 0 Å². The first-order valence-corrected chi connectivity index (χ1v) is 18.4. The summed E-state index contributed by atoms with van der Waals surface area (Å²) in [6.07, 6.45) is 13.2. The summed E-state index contributed by atoms with van der Waals surface area (Å²) in [6.45, 7) is 24.9. The second-order valence-corrected chi connectivity index (χ2v) is 17.4. The second-order valence-electron chi connectivity index (χ2n) is 15.4. The molecule has 0 spiro atoms. The lowest BCUT2D eigenvalue weighted by Gasteiger charge is -2.33. The van der Waals surface area contributed by atoms with E-state index in [0.717, 1.165) is 55.3 Å². The number of hydrogen-bond donors (Lipinski definition) is 1. The van der Waals surface area contributed by atoms with E-state index in [1.807, 2.05) is 0 Å². The highest BCUT2D eigenvalue weighted by molar-refractivity contribution is 7.89. The SMILES string of the molecule is CCCCCCCCN(CCCCCCCC)S(=O)(=O)CC(=O)Nc1c(C(C)(C)C)cc(C(C)(C)C)cc1C(C)(C)C. The summed E-state index contributed by atoms with van der Waals surface area (Å²) in [4.78, 5) is 13.6. The Balaban J connectivity index is 3.23. The first kappa shape index (κ1) is 38.6. The van der Waals surface area contributed by atoms with Crippen LogP contribution in [0, 0.1) is 0 Å². The number of amides is 1. The van der Waals surface area contributed by atoms with Gasteiger partial charge in [-0.3, -0.25) is 4.79 Å². The molecule has 1 aromatic rings. The number of hydrogen-bond acceptors (Lipinski definition) is 3. The lowest BCUT2D eigenvalue weighted by atomic mass is 9.74. The van der Waals surface area contributed by atoms with Crippen molar-refractivity contribution in [3.05, 3.63) is 28.8 Å². The molecule has 0 saturated carbocycles. The van der Waals surface area contributed by atoms with Crippen molar-refractivity contribution in [3.63, 3.8) is 0 Å². The second kappa shape index (κ2) is 17.2. The molecule has 0 aromatic heterocycles. The summed E-state index contributed by atoms with van der Waals surface area (Å²) in [5, 5.41) is 3.12. The van der Waals surface area contributed by atoms with Crippen LogP contribution in [-0.2, 0) is 31.1 Å². The number of benzene rings is 1. The lowest BCUT2D eigenvalue weighted by Crippen LogP contribution is -2.39. The molecule has 6 heteroatoms. The minimum Gasteiger partial charge on any atom is -0.325 e. The van der Waals surface area contributed by atoms with Crippen molar-refractivity contribution in [1.29, 1.82) is 0 Å². The number of anilines is 1. The van der Waals surface area contributed by atoms with Gasteiger partial charge in [-0.25, -0.2) is 12.7 Å². The number of nitrogens with zero attached hydrogens (tertiary/aromatic N) is 1. The van der Waals surface area contributed by atoms with Crippen LogP contribution in [0.4, 0.5) is 5.69 Å². The Labute approximate surface area is 261 Å². The maximum absolute atomic E-state index is 13.7. The zero-order valence-electron chi connectivity index (χ0n) is 29.3. The minimum absolute atomic E-state index is 0.0561. The van der Waals surface area contributed by atoms with Gasteiger partial charge in [0.15, 0.2) is 0 Å². The van der Waals surface area contributed by atoms with Crippen LogP contribution in [0.3, 0.4) is 0 Å². The van der Waals surface area contributed by atoms with Crippen molar-refractivity contribution >= 4 is 21.6 Å². The fraction of sp³-hybridized carbons (Fsp3) is 0.806. The molecule has 0 aliphatic rings. The van der Waals surface area contributed by atoms with Crippen LogP contribution in [0.15, 0.2) is 12.1 Å². The standard InChI is InChI=1S/C36H66N2O3S/c1-12-14-16-18-20-22-24-38(25-23-21-19-17-15-13-2)42(40,41)28-32(39)37-33-30(35(6,7)8)26-29(34(3,4)5)27-31(33)36(9,10)11/h26-27H,12-25,28H2,1-11H3,(H,37,39). The molecule has 0 radical (unpaired) electrons. The van der Waals surface area contributed by atoms with E-state index >= 15 is 0 Å². The smallest absolute Gasteiger partial charge is 0.241 e. The van der Waals surface area contributed by atoms with Gasteiger partial charge in [-0.15, -0.1) is 0 Å². The van der Waals surface area contributed by atoms with Crippen molar-refractivity contribution in [2.75, 3.05) is 24.2 Å². The molecule has 1 rings (SSSR count). The predicted molar refractivity (Wildman–Crippen MR) is 183 cm³/mol. The Kier molecular flexibility index (Phi) is 15.8. The minimum atomic E-state index is -3.74. The van der Waals surface area contributed by atoms with E-state index in [9.17, 15) is 13.2 Å². The number of nitrogens with one attached hydrogen (secondary N) is 1. The predicted octanol–water partition coefficient (Wildman–Crippen LogP) is 9.87. The molecule has 42 heavy (non-hydrogen) atoms. The van der Waals surface area contributed by atoms with Crippen molar-refractivity contribution < 1.29 is 13.2 Å². The average molecular weight is 607 g/mol. The normalized spacial score (nSPS) is 13.1. The summed E-state index contributed by atoms with van der Waals surface area (Å²) in [5.74, 6) is -0.974. The van der Waals surface area contributed by atoms with Gasteiger partial charge in [-0.1, -0.05) is 153 Å². The number of carbonyl (C=O) groups is 1. The average Bonchev–Trinajstić information content (AvgIpc) is 2.84. The summed E-state index contributed by atoms with van der Waals surface area (Å²) in [6, 6.07) is 4.39. The van der Waals surface area contributed by atoms with Crippen LogP contribution in [0.2, 0.25) is 0 Å². The van der Waals surface area contributed by atoms with Gasteiger partial charge in [0.1, 0.15) is 5.75 Å². The molecule has 0 atom stereocenters. The Morgan fingerprint density at radius 1 is 0.643 bits per heavy atom. The third kappa shape index (κ3) is 13.5. The first-order valence-electron chi connectivity index (χ1n) is 16.8. The fourth-order valence-electron chi connectivity index (χ4n) is 5.35. The Hall–Kier alpha value is -1.40. The van der Waals surface area contributed by atoms with Gasteiger partial charge in [0.05, 0.1) is 0 Å². The monoisotopic (exact) mass is 606 g/mol. The van der Waals surface area contributed by atoms with Crippen molar-refractivity contribution in [2.45, 2.75) is 169 Å². The number of rotatable bonds is 18. The van der Waals surface area contributed by atoms with Crippen LogP contribution < -0.4 is 5.32 Å². The van der Waals surface area contributed by atoms with E-state index in [-0.39, 0.29) is 16.2 Å². The van der Waals surface area contributed by atoms with Crippen LogP contribution in [0.25, 0.3) is 0 Å². The molecule has 0 heterocycles.